The topological polar surface area (TPSA) is 52.6 Å². The van der Waals surface area contributed by atoms with E-state index in [2.05, 4.69) is 5.32 Å². The van der Waals surface area contributed by atoms with Gasteiger partial charge in [0.25, 0.3) is 0 Å². The molecule has 0 bridgehead atoms. The molecule has 1 aliphatic rings. The molecule has 1 unspecified atom stereocenters. The number of nitrogens with zero attached hydrogens (tertiary/aromatic N) is 2. The highest BCUT2D eigenvalue weighted by Gasteiger charge is 2.56. The fourth-order valence-electron chi connectivity index (χ4n) is 5.23. The smallest absolute Gasteiger partial charge is 0.325 e. The molecule has 12 heteroatoms. The Morgan fingerprint density at radius 3 is 2.08 bits per heavy atom. The predicted octanol–water partition coefficient (Wildman–Crippen LogP) is 6.63. The highest BCUT2D eigenvalue weighted by atomic mass is 19.4. The minimum absolute atomic E-state index is 0.0194. The first-order chi connectivity index (χ1) is 18.5. The summed E-state index contributed by atoms with van der Waals surface area (Å²) in [6.07, 6.45) is -9.46. The molecule has 2 aromatic carbocycles. The van der Waals surface area contributed by atoms with Crippen LogP contribution in [0, 0.1) is 25.2 Å². The molecule has 0 saturated carbocycles. The van der Waals surface area contributed by atoms with Crippen molar-refractivity contribution >= 4 is 23.2 Å². The van der Waals surface area contributed by atoms with Crippen molar-refractivity contribution in [2.75, 3.05) is 43.6 Å². The van der Waals surface area contributed by atoms with Crippen LogP contribution in [0.15, 0.2) is 36.4 Å². The van der Waals surface area contributed by atoms with Crippen LogP contribution in [0.1, 0.15) is 42.0 Å². The van der Waals surface area contributed by atoms with Crippen molar-refractivity contribution in [3.8, 4) is 0 Å². The number of hydrogen-bond acceptors (Lipinski definition) is 3. The number of anilines is 2. The Morgan fingerprint density at radius 1 is 1.02 bits per heavy atom. The van der Waals surface area contributed by atoms with Crippen LogP contribution in [0.25, 0.3) is 0 Å². The van der Waals surface area contributed by atoms with E-state index in [1.165, 1.54) is 11.8 Å². The van der Waals surface area contributed by atoms with E-state index in [1.807, 2.05) is 6.07 Å². The first-order valence-electron chi connectivity index (χ1n) is 12.7. The van der Waals surface area contributed by atoms with Gasteiger partial charge in [0.2, 0.25) is 11.8 Å². The molecule has 2 atom stereocenters. The molecule has 1 N–H and O–H groups in total. The maximum Gasteiger partial charge on any atom is 0.416 e. The van der Waals surface area contributed by atoms with Crippen molar-refractivity contribution in [2.45, 2.75) is 46.0 Å². The number of nitrogens with one attached hydrogen (secondary N) is 1. The molecular weight excluding hydrogens is 543 g/mol. The highest BCUT2D eigenvalue weighted by Crippen LogP contribution is 2.44. The van der Waals surface area contributed by atoms with Crippen molar-refractivity contribution in [2.24, 2.45) is 11.3 Å². The number of aryl methyl sites for hydroxylation is 2. The van der Waals surface area contributed by atoms with Gasteiger partial charge in [0.15, 0.2) is 0 Å². The van der Waals surface area contributed by atoms with Gasteiger partial charge in [-0.25, -0.2) is 0 Å². The monoisotopic (exact) mass is 575 g/mol. The van der Waals surface area contributed by atoms with Crippen LogP contribution in [-0.4, -0.2) is 50.1 Å². The summed E-state index contributed by atoms with van der Waals surface area (Å²) in [6.45, 7) is 4.76. The van der Waals surface area contributed by atoms with Gasteiger partial charge in [-0.2, -0.15) is 26.3 Å². The van der Waals surface area contributed by atoms with Crippen LogP contribution in [0.4, 0.5) is 42.1 Å². The van der Waals surface area contributed by atoms with E-state index >= 15 is 0 Å². The molecule has 1 saturated heterocycles. The zero-order chi connectivity index (χ0) is 30.0. The molecule has 220 valence electrons. The highest BCUT2D eigenvalue weighted by molar-refractivity contribution is 6.08. The zero-order valence-corrected chi connectivity index (χ0v) is 22.6. The van der Waals surface area contributed by atoms with Crippen LogP contribution >= 0.6 is 0 Å². The summed E-state index contributed by atoms with van der Waals surface area (Å²) in [6, 6.07) is 6.26. The molecule has 0 aliphatic carbocycles. The van der Waals surface area contributed by atoms with Gasteiger partial charge >= 0.3 is 12.4 Å². The van der Waals surface area contributed by atoms with E-state index < -0.39 is 59.0 Å². The Hall–Kier alpha value is -3.15. The summed E-state index contributed by atoms with van der Waals surface area (Å²) in [5, 5.41) is 2.27. The third-order valence-corrected chi connectivity index (χ3v) is 7.39. The summed E-state index contributed by atoms with van der Waals surface area (Å²) in [7, 11) is 1.66. The molecule has 0 spiro atoms. The maximum atomic E-state index is 13.9. The molecule has 1 heterocycles. The molecule has 40 heavy (non-hydrogen) atoms. The molecule has 3 rings (SSSR count). The summed E-state index contributed by atoms with van der Waals surface area (Å²) >= 11 is 0. The average Bonchev–Trinajstić information content (AvgIpc) is 3.09. The second-order valence-electron chi connectivity index (χ2n) is 10.4. The van der Waals surface area contributed by atoms with E-state index in [4.69, 9.17) is 0 Å². The Balaban J connectivity index is 2.07. The molecule has 1 aliphatic heterocycles. The molecule has 0 radical (unpaired) electrons. The summed E-state index contributed by atoms with van der Waals surface area (Å²) in [5.74, 6) is -2.25. The molecule has 1 fully saturated rings. The lowest BCUT2D eigenvalue weighted by Gasteiger charge is -2.35. The van der Waals surface area contributed by atoms with E-state index in [0.717, 1.165) is 11.1 Å². The van der Waals surface area contributed by atoms with Crippen LogP contribution < -0.4 is 10.2 Å². The van der Waals surface area contributed by atoms with Crippen LogP contribution in [0.2, 0.25) is 0 Å². The van der Waals surface area contributed by atoms with Gasteiger partial charge in [-0.1, -0.05) is 25.1 Å². The number of carbonyl (C=O) groups excluding carboxylic acids is 2. The molecule has 5 nitrogen and oxygen atoms in total. The number of hydrogen-bond donors (Lipinski definition) is 1. The van der Waals surface area contributed by atoms with Gasteiger partial charge in [-0.05, 0) is 69.6 Å². The Labute approximate surface area is 228 Å². The third-order valence-electron chi connectivity index (χ3n) is 7.39. The van der Waals surface area contributed by atoms with Gasteiger partial charge < -0.3 is 15.1 Å². The van der Waals surface area contributed by atoms with Gasteiger partial charge in [0, 0.05) is 24.5 Å². The number of unbranched alkanes of at least 4 members (excludes halogenated alkanes) is 1. The van der Waals surface area contributed by atoms with Crippen molar-refractivity contribution in [1.29, 1.82) is 0 Å². The first kappa shape index (κ1) is 31.4. The number of carbonyl (C=O) groups is 2. The van der Waals surface area contributed by atoms with Crippen LogP contribution in [0.3, 0.4) is 0 Å². The van der Waals surface area contributed by atoms with Crippen molar-refractivity contribution in [3.05, 3.63) is 58.7 Å². The second-order valence-corrected chi connectivity index (χ2v) is 10.4. The Morgan fingerprint density at radius 2 is 1.57 bits per heavy atom. The number of alkyl halides is 7. The Kier molecular flexibility index (Phi) is 9.22. The number of para-hydroxylation sites is 1. The van der Waals surface area contributed by atoms with Crippen molar-refractivity contribution in [3.63, 3.8) is 0 Å². The quantitative estimate of drug-likeness (QED) is 0.270. The van der Waals surface area contributed by atoms with Crippen LogP contribution in [-0.2, 0) is 21.9 Å². The molecule has 2 amide bonds. The molecular formula is C28H32F7N3O2. The lowest BCUT2D eigenvalue weighted by molar-refractivity contribution is -0.143. The lowest BCUT2D eigenvalue weighted by Crippen LogP contribution is -2.50. The maximum absolute atomic E-state index is 13.9. The van der Waals surface area contributed by atoms with Gasteiger partial charge in [0.05, 0.1) is 29.1 Å². The van der Waals surface area contributed by atoms with Crippen molar-refractivity contribution in [1.82, 2.24) is 4.90 Å². The molecule has 2 aromatic rings. The van der Waals surface area contributed by atoms with E-state index in [1.54, 1.807) is 37.9 Å². The fraction of sp³-hybridized carbons (Fsp3) is 0.500. The first-order valence-corrected chi connectivity index (χ1v) is 12.7. The minimum Gasteiger partial charge on any atom is -0.325 e. The van der Waals surface area contributed by atoms with Gasteiger partial charge in [-0.3, -0.25) is 14.0 Å². The fourth-order valence-corrected chi connectivity index (χ4v) is 5.23. The van der Waals surface area contributed by atoms with E-state index in [0.29, 0.717) is 30.8 Å². The summed E-state index contributed by atoms with van der Waals surface area (Å²) in [5.41, 5.74) is -3.24. The number of rotatable bonds is 9. The second kappa shape index (κ2) is 11.8. The van der Waals surface area contributed by atoms with Crippen molar-refractivity contribution < 1.29 is 40.3 Å². The number of benzene rings is 2. The minimum atomic E-state index is -5.09. The summed E-state index contributed by atoms with van der Waals surface area (Å²) in [4.78, 5) is 30.6. The number of halogens is 7. The Bertz CT molecular complexity index is 1190. The van der Waals surface area contributed by atoms with Gasteiger partial charge in [0.1, 0.15) is 0 Å². The lowest BCUT2D eigenvalue weighted by atomic mass is 9.77. The standard InChI is InChI=1S/C28H32F7N3O2/c1-17-8-7-9-18(2)23(17)38-16-26(19(3)24(38)39,15-37(4)11-6-5-10-29)25(40)36-22-13-20(27(30,31)32)12-21(14-22)28(33,34)35/h7-9,12-14,19H,5-6,10-11,15-16H2,1-4H3,(H,36,40)/t19?,26-/m1/s1. The van der Waals surface area contributed by atoms with E-state index in [-0.39, 0.29) is 25.6 Å². The largest absolute Gasteiger partial charge is 0.416 e. The van der Waals surface area contributed by atoms with Gasteiger partial charge in [-0.15, -0.1) is 0 Å². The normalized spacial score (nSPS) is 19.9. The molecule has 0 aromatic heterocycles. The SMILES string of the molecule is Cc1cccc(C)c1N1C[C@@](CN(C)CCCCF)(C(=O)Nc2cc(C(F)(F)F)cc(C(F)(F)F)c2)C(C)C1=O. The van der Waals surface area contributed by atoms with Crippen LogP contribution in [0.5, 0.6) is 0 Å². The third kappa shape index (κ3) is 6.59. The average molecular weight is 576 g/mol. The predicted molar refractivity (Wildman–Crippen MR) is 138 cm³/mol. The zero-order valence-electron chi connectivity index (χ0n) is 22.6. The number of amides is 2. The summed E-state index contributed by atoms with van der Waals surface area (Å²) < 4.78 is 93.3. The van der Waals surface area contributed by atoms with E-state index in [9.17, 15) is 40.3 Å².